The van der Waals surface area contributed by atoms with Gasteiger partial charge >= 0.3 is 0 Å². The van der Waals surface area contributed by atoms with E-state index in [4.69, 9.17) is 4.74 Å². The number of hydrogen-bond acceptors (Lipinski definition) is 6. The second-order valence-corrected chi connectivity index (χ2v) is 7.31. The highest BCUT2D eigenvalue weighted by atomic mass is 32.1. The molecule has 0 aliphatic heterocycles. The smallest absolute Gasteiger partial charge is 0.222 e. The maximum Gasteiger partial charge on any atom is 0.222 e. The van der Waals surface area contributed by atoms with Crippen molar-refractivity contribution < 1.29 is 14.3 Å². The van der Waals surface area contributed by atoms with E-state index in [0.29, 0.717) is 12.3 Å². The van der Waals surface area contributed by atoms with E-state index < -0.39 is 6.04 Å². The molecular formula is C21H22N4O3S. The number of aromatic nitrogens is 2. The molecule has 2 amide bonds. The Balaban J connectivity index is 1.60. The molecule has 0 radical (unpaired) electrons. The van der Waals surface area contributed by atoms with E-state index in [-0.39, 0.29) is 18.2 Å². The number of thiazole rings is 1. The molecule has 0 fully saturated rings. The normalized spacial score (nSPS) is 11.5. The molecule has 2 aromatic heterocycles. The molecule has 2 heterocycles. The molecule has 1 unspecified atom stereocenters. The highest BCUT2D eigenvalue weighted by molar-refractivity contribution is 7.09. The average molecular weight is 410 g/mol. The van der Waals surface area contributed by atoms with Crippen LogP contribution in [0.3, 0.4) is 0 Å². The van der Waals surface area contributed by atoms with Gasteiger partial charge in [0, 0.05) is 30.3 Å². The molecule has 29 heavy (non-hydrogen) atoms. The third kappa shape index (κ3) is 5.86. The van der Waals surface area contributed by atoms with Crippen LogP contribution >= 0.6 is 11.3 Å². The summed E-state index contributed by atoms with van der Waals surface area (Å²) >= 11 is 1.49. The summed E-state index contributed by atoms with van der Waals surface area (Å²) in [5.41, 5.74) is 2.68. The van der Waals surface area contributed by atoms with Crippen LogP contribution in [0.4, 0.5) is 0 Å². The Labute approximate surface area is 173 Å². The van der Waals surface area contributed by atoms with Crippen LogP contribution in [0.25, 0.3) is 11.3 Å². The van der Waals surface area contributed by atoms with Crippen LogP contribution in [0.5, 0.6) is 5.75 Å². The minimum atomic E-state index is -0.415. The molecule has 7 nitrogen and oxygen atoms in total. The Kier molecular flexibility index (Phi) is 6.91. The monoisotopic (exact) mass is 410 g/mol. The standard InChI is InChI=1S/C21H22N4O3S/c1-14(26)24-18(15-3-5-17(28-2)6-4-15)11-20(27)23-12-21-25-19(13-29-21)16-7-9-22-10-8-16/h3-10,13,18H,11-12H2,1-2H3,(H,23,27)(H,24,26). The maximum absolute atomic E-state index is 12.5. The Morgan fingerprint density at radius 1 is 1.14 bits per heavy atom. The van der Waals surface area contributed by atoms with Crippen molar-refractivity contribution in [1.82, 2.24) is 20.6 Å². The average Bonchev–Trinajstić information content (AvgIpc) is 3.21. The van der Waals surface area contributed by atoms with Gasteiger partial charge in [0.1, 0.15) is 10.8 Å². The molecule has 0 saturated heterocycles. The van der Waals surface area contributed by atoms with Crippen molar-refractivity contribution in [2.24, 2.45) is 0 Å². The summed E-state index contributed by atoms with van der Waals surface area (Å²) in [4.78, 5) is 32.6. The number of hydrogen-bond donors (Lipinski definition) is 2. The molecule has 3 rings (SSSR count). The summed E-state index contributed by atoms with van der Waals surface area (Å²) in [7, 11) is 1.59. The molecule has 1 atom stereocenters. The number of ether oxygens (including phenoxy) is 1. The van der Waals surface area contributed by atoms with E-state index in [1.54, 1.807) is 31.6 Å². The van der Waals surface area contributed by atoms with Gasteiger partial charge in [0.15, 0.2) is 0 Å². The van der Waals surface area contributed by atoms with Gasteiger partial charge in [-0.2, -0.15) is 0 Å². The van der Waals surface area contributed by atoms with Gasteiger partial charge in [0.2, 0.25) is 11.8 Å². The number of benzene rings is 1. The van der Waals surface area contributed by atoms with Gasteiger partial charge in [-0.15, -0.1) is 11.3 Å². The van der Waals surface area contributed by atoms with E-state index in [2.05, 4.69) is 20.6 Å². The summed E-state index contributed by atoms with van der Waals surface area (Å²) in [6.45, 7) is 1.77. The fourth-order valence-electron chi connectivity index (χ4n) is 2.81. The molecule has 8 heteroatoms. The van der Waals surface area contributed by atoms with E-state index in [0.717, 1.165) is 21.8 Å². The van der Waals surface area contributed by atoms with Crippen molar-refractivity contribution in [2.75, 3.05) is 7.11 Å². The highest BCUT2D eigenvalue weighted by Gasteiger charge is 2.17. The van der Waals surface area contributed by atoms with Crippen molar-refractivity contribution in [2.45, 2.75) is 25.9 Å². The van der Waals surface area contributed by atoms with Gasteiger partial charge < -0.3 is 15.4 Å². The lowest BCUT2D eigenvalue weighted by Crippen LogP contribution is -2.32. The molecule has 0 saturated carbocycles. The molecular weight excluding hydrogens is 388 g/mol. The number of rotatable bonds is 8. The minimum Gasteiger partial charge on any atom is -0.497 e. The second kappa shape index (κ2) is 9.79. The highest BCUT2D eigenvalue weighted by Crippen LogP contribution is 2.22. The first-order valence-electron chi connectivity index (χ1n) is 9.07. The largest absolute Gasteiger partial charge is 0.497 e. The number of nitrogens with zero attached hydrogens (tertiary/aromatic N) is 2. The summed E-state index contributed by atoms with van der Waals surface area (Å²) in [6.07, 6.45) is 3.57. The third-order valence-corrected chi connectivity index (χ3v) is 5.10. The van der Waals surface area contributed by atoms with Gasteiger partial charge in [-0.1, -0.05) is 12.1 Å². The van der Waals surface area contributed by atoms with Crippen molar-refractivity contribution in [1.29, 1.82) is 0 Å². The van der Waals surface area contributed by atoms with Crippen molar-refractivity contribution >= 4 is 23.2 Å². The fraction of sp³-hybridized carbons (Fsp3) is 0.238. The Bertz CT molecular complexity index is 958. The van der Waals surface area contributed by atoms with Gasteiger partial charge in [-0.05, 0) is 29.8 Å². The first kappa shape index (κ1) is 20.5. The molecule has 0 aliphatic rings. The molecule has 3 aromatic rings. The van der Waals surface area contributed by atoms with Crippen LogP contribution in [0.1, 0.15) is 30.0 Å². The van der Waals surface area contributed by atoms with Crippen molar-refractivity contribution in [3.8, 4) is 17.0 Å². The Morgan fingerprint density at radius 2 is 1.86 bits per heavy atom. The second-order valence-electron chi connectivity index (χ2n) is 6.37. The number of pyridine rings is 1. The first-order chi connectivity index (χ1) is 14.0. The van der Waals surface area contributed by atoms with Crippen molar-refractivity contribution in [3.63, 3.8) is 0 Å². The number of carbonyl (C=O) groups is 2. The lowest BCUT2D eigenvalue weighted by Gasteiger charge is -2.18. The summed E-state index contributed by atoms with van der Waals surface area (Å²) in [6, 6.07) is 10.7. The Morgan fingerprint density at radius 3 is 2.52 bits per heavy atom. The SMILES string of the molecule is COc1ccc(C(CC(=O)NCc2nc(-c3ccncc3)cs2)NC(C)=O)cc1. The van der Waals surface area contributed by atoms with E-state index >= 15 is 0 Å². The van der Waals surface area contributed by atoms with Gasteiger partial charge in [-0.3, -0.25) is 14.6 Å². The van der Waals surface area contributed by atoms with Crippen LogP contribution in [-0.2, 0) is 16.1 Å². The summed E-state index contributed by atoms with van der Waals surface area (Å²) < 4.78 is 5.16. The summed E-state index contributed by atoms with van der Waals surface area (Å²) in [5, 5.41) is 8.47. The maximum atomic E-state index is 12.5. The first-order valence-corrected chi connectivity index (χ1v) is 9.95. The van der Waals surface area contributed by atoms with Crippen LogP contribution in [0.2, 0.25) is 0 Å². The van der Waals surface area contributed by atoms with Gasteiger partial charge in [0.05, 0.1) is 31.8 Å². The van der Waals surface area contributed by atoms with Crippen LogP contribution in [-0.4, -0.2) is 28.9 Å². The molecule has 2 N–H and O–H groups in total. The van der Waals surface area contributed by atoms with Gasteiger partial charge in [-0.25, -0.2) is 4.98 Å². The predicted octanol–water partition coefficient (Wildman–Crippen LogP) is 3.10. The van der Waals surface area contributed by atoms with Crippen LogP contribution < -0.4 is 15.4 Å². The minimum absolute atomic E-state index is 0.133. The van der Waals surface area contributed by atoms with Crippen LogP contribution in [0, 0.1) is 0 Å². The number of carbonyl (C=O) groups excluding carboxylic acids is 2. The van der Waals surface area contributed by atoms with Gasteiger partial charge in [0.25, 0.3) is 0 Å². The zero-order valence-corrected chi connectivity index (χ0v) is 17.0. The fourth-order valence-corrected chi connectivity index (χ4v) is 3.56. The van der Waals surface area contributed by atoms with E-state index in [1.807, 2.05) is 29.6 Å². The zero-order chi connectivity index (χ0) is 20.6. The molecule has 150 valence electrons. The summed E-state index contributed by atoms with van der Waals surface area (Å²) in [5.74, 6) is 0.356. The Hall–Kier alpha value is -3.26. The number of methoxy groups -OCH3 is 1. The van der Waals surface area contributed by atoms with Crippen LogP contribution in [0.15, 0.2) is 54.2 Å². The van der Waals surface area contributed by atoms with E-state index in [9.17, 15) is 9.59 Å². The lowest BCUT2D eigenvalue weighted by atomic mass is 10.0. The molecule has 1 aromatic carbocycles. The van der Waals surface area contributed by atoms with E-state index in [1.165, 1.54) is 18.3 Å². The molecule has 0 spiro atoms. The molecule has 0 bridgehead atoms. The zero-order valence-electron chi connectivity index (χ0n) is 16.2. The third-order valence-electron chi connectivity index (χ3n) is 4.25. The predicted molar refractivity (Wildman–Crippen MR) is 111 cm³/mol. The quantitative estimate of drug-likeness (QED) is 0.595. The topological polar surface area (TPSA) is 93.2 Å². The van der Waals surface area contributed by atoms with Crippen molar-refractivity contribution in [3.05, 3.63) is 64.7 Å². The number of amides is 2. The lowest BCUT2D eigenvalue weighted by molar-refractivity contribution is -0.122. The number of nitrogens with one attached hydrogen (secondary N) is 2. The molecule has 0 aliphatic carbocycles.